The molecule has 20 heavy (non-hydrogen) atoms. The Labute approximate surface area is 117 Å². The third-order valence-electron chi connectivity index (χ3n) is 5.08. The molecule has 0 unspecified atom stereocenters. The molecular weight excluding hydrogens is 264 g/mol. The summed E-state index contributed by atoms with van der Waals surface area (Å²) < 4.78 is 21.5. The number of carbonyl (C=O) groups excluding carboxylic acids is 2. The Bertz CT molecular complexity index is 512. The number of methoxy groups -OCH3 is 3. The summed E-state index contributed by atoms with van der Waals surface area (Å²) in [6.07, 6.45) is 1.60. The zero-order valence-corrected chi connectivity index (χ0v) is 12.0. The Morgan fingerprint density at radius 2 is 2.05 bits per heavy atom. The van der Waals surface area contributed by atoms with Crippen LogP contribution >= 0.6 is 0 Å². The topological polar surface area (TPSA) is 71.1 Å². The molecule has 4 aliphatic rings. The Morgan fingerprint density at radius 3 is 2.60 bits per heavy atom. The molecule has 0 aromatic rings. The summed E-state index contributed by atoms with van der Waals surface area (Å²) in [5.74, 6) is -2.68. The molecule has 1 aliphatic heterocycles. The largest absolute Gasteiger partial charge is 0.466 e. The zero-order valence-electron chi connectivity index (χ0n) is 12.0. The maximum absolute atomic E-state index is 12.8. The standard InChI is InChI=1S/C14H18O6/c1-7-9-6-20-14(19-4)10(9)8(11(15)17-2)5-13(7,18-3)12(14)16/h5,7,9-10H,6H2,1-4H3/t7-,9-,10+,13+,14-/m1/s1. The molecule has 0 amide bonds. The lowest BCUT2D eigenvalue weighted by Gasteiger charge is -2.52. The van der Waals surface area contributed by atoms with Crippen LogP contribution in [0.3, 0.4) is 0 Å². The molecule has 3 aliphatic carbocycles. The van der Waals surface area contributed by atoms with Crippen molar-refractivity contribution in [2.75, 3.05) is 27.9 Å². The fourth-order valence-corrected chi connectivity index (χ4v) is 4.00. The van der Waals surface area contributed by atoms with Crippen molar-refractivity contribution in [3.63, 3.8) is 0 Å². The lowest BCUT2D eigenvalue weighted by molar-refractivity contribution is -0.235. The van der Waals surface area contributed by atoms with Gasteiger partial charge in [-0.1, -0.05) is 6.92 Å². The molecule has 0 aromatic carbocycles. The van der Waals surface area contributed by atoms with Crippen LogP contribution in [0.4, 0.5) is 0 Å². The van der Waals surface area contributed by atoms with E-state index in [0.29, 0.717) is 12.2 Å². The monoisotopic (exact) mass is 282 g/mol. The minimum atomic E-state index is -1.43. The van der Waals surface area contributed by atoms with Crippen molar-refractivity contribution in [3.8, 4) is 0 Å². The van der Waals surface area contributed by atoms with Crippen LogP contribution in [0.2, 0.25) is 0 Å². The van der Waals surface area contributed by atoms with Gasteiger partial charge in [0.2, 0.25) is 11.6 Å². The highest BCUT2D eigenvalue weighted by Crippen LogP contribution is 2.59. The minimum Gasteiger partial charge on any atom is -0.466 e. The Balaban J connectivity index is 2.24. The molecule has 4 bridgehead atoms. The van der Waals surface area contributed by atoms with Crippen LogP contribution in [0.5, 0.6) is 0 Å². The van der Waals surface area contributed by atoms with Crippen molar-refractivity contribution in [2.45, 2.75) is 18.3 Å². The quantitative estimate of drug-likeness (QED) is 0.694. The van der Waals surface area contributed by atoms with Crippen LogP contribution in [0.15, 0.2) is 11.6 Å². The summed E-state index contributed by atoms with van der Waals surface area (Å²) in [5, 5.41) is 0. The van der Waals surface area contributed by atoms with Crippen LogP contribution < -0.4 is 0 Å². The molecule has 4 rings (SSSR count). The van der Waals surface area contributed by atoms with Gasteiger partial charge in [-0.25, -0.2) is 4.79 Å². The second-order valence-corrected chi connectivity index (χ2v) is 5.53. The van der Waals surface area contributed by atoms with Crippen molar-refractivity contribution in [2.24, 2.45) is 17.8 Å². The van der Waals surface area contributed by atoms with E-state index in [4.69, 9.17) is 18.9 Å². The summed E-state index contributed by atoms with van der Waals surface area (Å²) in [7, 11) is 4.20. The molecule has 1 saturated heterocycles. The Hall–Kier alpha value is -1.24. The third-order valence-corrected chi connectivity index (χ3v) is 5.08. The van der Waals surface area contributed by atoms with E-state index in [2.05, 4.69) is 0 Å². The van der Waals surface area contributed by atoms with Gasteiger partial charge in [0.05, 0.1) is 19.6 Å². The van der Waals surface area contributed by atoms with E-state index in [1.54, 1.807) is 6.08 Å². The third kappa shape index (κ3) is 1.25. The van der Waals surface area contributed by atoms with Crippen molar-refractivity contribution in [1.82, 2.24) is 0 Å². The van der Waals surface area contributed by atoms with Crippen LogP contribution in [0.1, 0.15) is 6.92 Å². The SMILES string of the molecule is COC(=O)C1=C[C@@]2(OC)C(=O)[C@]3(OC)OC[C@H]([C@H]2C)[C@H]13. The molecule has 110 valence electrons. The van der Waals surface area contributed by atoms with Crippen LogP contribution in [0, 0.1) is 17.8 Å². The number of rotatable bonds is 3. The van der Waals surface area contributed by atoms with Gasteiger partial charge in [0, 0.05) is 31.6 Å². The molecule has 0 spiro atoms. The number of ether oxygens (including phenoxy) is 4. The van der Waals surface area contributed by atoms with Gasteiger partial charge in [0.25, 0.3) is 0 Å². The van der Waals surface area contributed by atoms with E-state index in [0.717, 1.165) is 0 Å². The number of hydrogen-bond donors (Lipinski definition) is 0. The van der Waals surface area contributed by atoms with Gasteiger partial charge in [0.1, 0.15) is 0 Å². The van der Waals surface area contributed by atoms with Crippen LogP contribution in [-0.4, -0.2) is 51.1 Å². The smallest absolute Gasteiger partial charge is 0.334 e. The highest BCUT2D eigenvalue weighted by atomic mass is 16.7. The summed E-state index contributed by atoms with van der Waals surface area (Å²) in [4.78, 5) is 24.9. The van der Waals surface area contributed by atoms with Crippen LogP contribution in [0.25, 0.3) is 0 Å². The average molecular weight is 282 g/mol. The van der Waals surface area contributed by atoms with E-state index < -0.39 is 23.3 Å². The molecular formula is C14H18O6. The fraction of sp³-hybridized carbons (Fsp3) is 0.714. The number of Topliss-reactive ketones (excluding diaryl/α,β-unsaturated/α-hetero) is 1. The van der Waals surface area contributed by atoms with Gasteiger partial charge in [-0.05, 0) is 6.08 Å². The first-order chi connectivity index (χ1) is 9.48. The fourth-order valence-electron chi connectivity index (χ4n) is 4.00. The van der Waals surface area contributed by atoms with Gasteiger partial charge in [0.15, 0.2) is 5.60 Å². The first kappa shape index (κ1) is 13.7. The number of esters is 1. The van der Waals surface area contributed by atoms with Gasteiger partial charge in [-0.3, -0.25) is 4.79 Å². The van der Waals surface area contributed by atoms with E-state index >= 15 is 0 Å². The Kier molecular flexibility index (Phi) is 2.83. The summed E-state index contributed by atoms with van der Waals surface area (Å²) in [6, 6.07) is 0. The molecule has 0 radical (unpaired) electrons. The van der Waals surface area contributed by atoms with Gasteiger partial charge < -0.3 is 18.9 Å². The van der Waals surface area contributed by atoms with E-state index in [-0.39, 0.29) is 17.6 Å². The predicted molar refractivity (Wildman–Crippen MR) is 66.7 cm³/mol. The molecule has 2 fully saturated rings. The van der Waals surface area contributed by atoms with Crippen molar-refractivity contribution in [3.05, 3.63) is 11.6 Å². The zero-order chi connectivity index (χ0) is 14.7. The van der Waals surface area contributed by atoms with E-state index in [1.165, 1.54) is 21.3 Å². The highest BCUT2D eigenvalue weighted by Gasteiger charge is 2.74. The van der Waals surface area contributed by atoms with Gasteiger partial charge in [-0.15, -0.1) is 0 Å². The lowest BCUT2D eigenvalue weighted by Crippen LogP contribution is -2.69. The van der Waals surface area contributed by atoms with Crippen LogP contribution in [-0.2, 0) is 28.5 Å². The normalized spacial score (nSPS) is 45.5. The summed E-state index contributed by atoms with van der Waals surface area (Å²) in [6.45, 7) is 2.31. The molecule has 0 N–H and O–H groups in total. The minimum absolute atomic E-state index is 0.00769. The molecule has 5 atom stereocenters. The molecule has 1 heterocycles. The first-order valence-corrected chi connectivity index (χ1v) is 6.58. The van der Waals surface area contributed by atoms with E-state index in [1.807, 2.05) is 6.92 Å². The van der Waals surface area contributed by atoms with Gasteiger partial charge in [-0.2, -0.15) is 0 Å². The predicted octanol–water partition coefficient (Wildman–Crippen LogP) is 0.309. The molecule has 6 heteroatoms. The van der Waals surface area contributed by atoms with Gasteiger partial charge >= 0.3 is 5.97 Å². The molecule has 6 nitrogen and oxygen atoms in total. The van der Waals surface area contributed by atoms with E-state index in [9.17, 15) is 9.59 Å². The maximum Gasteiger partial charge on any atom is 0.334 e. The number of hydrogen-bond acceptors (Lipinski definition) is 6. The molecule has 0 aromatic heterocycles. The van der Waals surface area contributed by atoms with Crippen molar-refractivity contribution in [1.29, 1.82) is 0 Å². The summed E-state index contributed by atoms with van der Waals surface area (Å²) >= 11 is 0. The Morgan fingerprint density at radius 1 is 1.35 bits per heavy atom. The number of carbonyl (C=O) groups is 2. The number of ketones is 1. The highest BCUT2D eigenvalue weighted by molar-refractivity contribution is 6.04. The second-order valence-electron chi connectivity index (χ2n) is 5.53. The average Bonchev–Trinajstić information content (AvgIpc) is 2.85. The maximum atomic E-state index is 12.8. The molecule has 1 saturated carbocycles. The first-order valence-electron chi connectivity index (χ1n) is 6.58. The second kappa shape index (κ2) is 4.13. The summed E-state index contributed by atoms with van der Waals surface area (Å²) in [5.41, 5.74) is -0.772. The van der Waals surface area contributed by atoms with Crippen molar-refractivity contribution >= 4 is 11.8 Å². The lowest BCUT2D eigenvalue weighted by atomic mass is 9.55. The van der Waals surface area contributed by atoms with Crippen molar-refractivity contribution < 1.29 is 28.5 Å².